The average Bonchev–Trinajstić information content (AvgIpc) is 3.22. The molecular weight excluding hydrogens is 428 g/mol. The van der Waals surface area contributed by atoms with Gasteiger partial charge in [0.2, 0.25) is 15.9 Å². The lowest BCUT2D eigenvalue weighted by Crippen LogP contribution is -2.50. The number of benzene rings is 1. The Bertz CT molecular complexity index is 977. The summed E-state index contributed by atoms with van der Waals surface area (Å²) in [7, 11) is -3.50. The van der Waals surface area contributed by atoms with Crippen molar-refractivity contribution in [3.63, 3.8) is 0 Å². The molecule has 1 aromatic heterocycles. The van der Waals surface area contributed by atoms with Gasteiger partial charge in [-0.3, -0.25) is 14.4 Å². The molecule has 0 aliphatic carbocycles. The van der Waals surface area contributed by atoms with Crippen LogP contribution >= 0.6 is 0 Å². The van der Waals surface area contributed by atoms with E-state index in [2.05, 4.69) is 29.2 Å². The zero-order valence-corrected chi connectivity index (χ0v) is 20.0. The molecule has 3 rings (SSSR count). The van der Waals surface area contributed by atoms with Crippen LogP contribution in [-0.2, 0) is 21.4 Å². The maximum Gasteiger partial charge on any atom is 0.243 e. The zero-order valence-electron chi connectivity index (χ0n) is 19.2. The predicted octanol–water partition coefficient (Wildman–Crippen LogP) is 1.48. The van der Waals surface area contributed by atoms with Gasteiger partial charge in [-0.2, -0.15) is 9.40 Å². The van der Waals surface area contributed by atoms with Crippen LogP contribution in [0.25, 0.3) is 0 Å². The molecule has 1 saturated heterocycles. The first-order chi connectivity index (χ1) is 15.3. The number of hydrogen-bond donors (Lipinski definition) is 1. The zero-order chi connectivity index (χ0) is 23.1. The maximum atomic E-state index is 12.8. The Morgan fingerprint density at radius 3 is 2.38 bits per heavy atom. The van der Waals surface area contributed by atoms with E-state index in [1.54, 1.807) is 30.5 Å². The van der Waals surface area contributed by atoms with Crippen molar-refractivity contribution in [2.75, 3.05) is 57.7 Å². The van der Waals surface area contributed by atoms with Crippen LogP contribution in [0.2, 0.25) is 0 Å². The molecular formula is C22H34N6O3S. The second-order valence-electron chi connectivity index (χ2n) is 8.06. The fourth-order valence-corrected chi connectivity index (χ4v) is 5.15. The molecule has 0 atom stereocenters. The van der Waals surface area contributed by atoms with E-state index in [1.165, 1.54) is 4.31 Å². The molecule has 1 aliphatic rings. The van der Waals surface area contributed by atoms with Gasteiger partial charge in [0.25, 0.3) is 0 Å². The van der Waals surface area contributed by atoms with Crippen LogP contribution in [0.4, 0.5) is 5.69 Å². The minimum Gasteiger partial charge on any atom is -0.322 e. The molecule has 0 bridgehead atoms. The number of piperazine rings is 1. The topological polar surface area (TPSA) is 90.8 Å². The van der Waals surface area contributed by atoms with Crippen LogP contribution in [0.3, 0.4) is 0 Å². The average molecular weight is 463 g/mol. The molecule has 1 fully saturated rings. The van der Waals surface area contributed by atoms with Gasteiger partial charge in [-0.05, 0) is 32.1 Å². The van der Waals surface area contributed by atoms with Crippen molar-refractivity contribution in [3.8, 4) is 0 Å². The van der Waals surface area contributed by atoms with Crippen molar-refractivity contribution >= 4 is 21.6 Å². The third-order valence-electron chi connectivity index (χ3n) is 5.81. The molecule has 2 heterocycles. The fourth-order valence-electron chi connectivity index (χ4n) is 3.73. The van der Waals surface area contributed by atoms with E-state index in [1.807, 2.05) is 22.7 Å². The van der Waals surface area contributed by atoms with Gasteiger partial charge in [0, 0.05) is 38.9 Å². The largest absolute Gasteiger partial charge is 0.322 e. The summed E-state index contributed by atoms with van der Waals surface area (Å²) in [5, 5.41) is 7.20. The Labute approximate surface area is 191 Å². The van der Waals surface area contributed by atoms with Gasteiger partial charge in [-0.15, -0.1) is 0 Å². The Kier molecular flexibility index (Phi) is 8.41. The molecule has 10 heteroatoms. The van der Waals surface area contributed by atoms with Gasteiger partial charge in [-0.25, -0.2) is 8.42 Å². The predicted molar refractivity (Wildman–Crippen MR) is 125 cm³/mol. The Balaban J connectivity index is 1.45. The number of hydrogen-bond acceptors (Lipinski definition) is 6. The summed E-state index contributed by atoms with van der Waals surface area (Å²) >= 11 is 0. The van der Waals surface area contributed by atoms with Crippen LogP contribution < -0.4 is 5.32 Å². The standard InChI is InChI=1S/C22H34N6O3S/c1-4-25(5-2)10-13-27-17-20(16-23-27)24-22(29)18-26-11-14-28(15-12-26)32(30,31)21-8-6-19(3)7-9-21/h6-9,16-17H,4-5,10-15,18H2,1-3H3,(H,24,29). The highest BCUT2D eigenvalue weighted by molar-refractivity contribution is 7.89. The smallest absolute Gasteiger partial charge is 0.243 e. The van der Waals surface area contributed by atoms with E-state index in [4.69, 9.17) is 0 Å². The number of sulfonamides is 1. The summed E-state index contributed by atoms with van der Waals surface area (Å²) in [4.78, 5) is 17.1. The lowest BCUT2D eigenvalue weighted by atomic mass is 10.2. The quantitative estimate of drug-likeness (QED) is 0.575. The Morgan fingerprint density at radius 2 is 1.75 bits per heavy atom. The SMILES string of the molecule is CCN(CC)CCn1cc(NC(=O)CN2CCN(S(=O)(=O)c3ccc(C)cc3)CC2)cn1. The van der Waals surface area contributed by atoms with Gasteiger partial charge in [0.15, 0.2) is 0 Å². The number of likely N-dealkylation sites (N-methyl/N-ethyl adjacent to an activating group) is 1. The minimum absolute atomic E-state index is 0.122. The first kappa shape index (κ1) is 24.4. The highest BCUT2D eigenvalue weighted by atomic mass is 32.2. The third-order valence-corrected chi connectivity index (χ3v) is 7.73. The molecule has 0 spiro atoms. The second kappa shape index (κ2) is 11.0. The Morgan fingerprint density at radius 1 is 1.09 bits per heavy atom. The summed E-state index contributed by atoms with van der Waals surface area (Å²) in [6.07, 6.45) is 3.50. The fraction of sp³-hybridized carbons (Fsp3) is 0.545. The van der Waals surface area contributed by atoms with Crippen LogP contribution in [0.1, 0.15) is 19.4 Å². The van der Waals surface area contributed by atoms with Crippen molar-refractivity contribution < 1.29 is 13.2 Å². The van der Waals surface area contributed by atoms with Crippen LogP contribution in [0, 0.1) is 6.92 Å². The first-order valence-corrected chi connectivity index (χ1v) is 12.6. The normalized spacial score (nSPS) is 15.9. The number of anilines is 1. The van der Waals surface area contributed by atoms with Crippen molar-refractivity contribution in [1.29, 1.82) is 0 Å². The van der Waals surface area contributed by atoms with E-state index in [0.29, 0.717) is 36.8 Å². The summed E-state index contributed by atoms with van der Waals surface area (Å²) in [6.45, 7) is 11.9. The molecule has 1 aromatic carbocycles. The van der Waals surface area contributed by atoms with E-state index in [9.17, 15) is 13.2 Å². The van der Waals surface area contributed by atoms with Crippen molar-refractivity contribution in [3.05, 3.63) is 42.2 Å². The van der Waals surface area contributed by atoms with E-state index in [0.717, 1.165) is 31.7 Å². The summed E-state index contributed by atoms with van der Waals surface area (Å²) in [5.74, 6) is -0.122. The third kappa shape index (κ3) is 6.38. The molecule has 176 valence electrons. The molecule has 0 radical (unpaired) electrons. The molecule has 9 nitrogen and oxygen atoms in total. The van der Waals surface area contributed by atoms with Gasteiger partial charge in [-0.1, -0.05) is 31.5 Å². The second-order valence-corrected chi connectivity index (χ2v) is 10.00. The van der Waals surface area contributed by atoms with Crippen molar-refractivity contribution in [2.45, 2.75) is 32.2 Å². The number of nitrogens with zero attached hydrogens (tertiary/aromatic N) is 5. The number of aromatic nitrogens is 2. The number of rotatable bonds is 10. The molecule has 1 N–H and O–H groups in total. The van der Waals surface area contributed by atoms with Crippen molar-refractivity contribution in [1.82, 2.24) is 23.9 Å². The number of amides is 1. The molecule has 2 aromatic rings. The first-order valence-electron chi connectivity index (χ1n) is 11.2. The lowest BCUT2D eigenvalue weighted by Gasteiger charge is -2.33. The van der Waals surface area contributed by atoms with Crippen LogP contribution in [0.15, 0.2) is 41.6 Å². The lowest BCUT2D eigenvalue weighted by molar-refractivity contribution is -0.117. The van der Waals surface area contributed by atoms with Gasteiger partial charge < -0.3 is 10.2 Å². The molecule has 0 unspecified atom stereocenters. The van der Waals surface area contributed by atoms with E-state index in [-0.39, 0.29) is 12.5 Å². The molecule has 1 aliphatic heterocycles. The van der Waals surface area contributed by atoms with Gasteiger partial charge >= 0.3 is 0 Å². The van der Waals surface area contributed by atoms with E-state index >= 15 is 0 Å². The van der Waals surface area contributed by atoms with Gasteiger partial charge in [0.1, 0.15) is 0 Å². The summed E-state index contributed by atoms with van der Waals surface area (Å²) in [6, 6.07) is 6.90. The summed E-state index contributed by atoms with van der Waals surface area (Å²) < 4.78 is 29.0. The van der Waals surface area contributed by atoms with Crippen molar-refractivity contribution in [2.24, 2.45) is 0 Å². The van der Waals surface area contributed by atoms with E-state index < -0.39 is 10.0 Å². The van der Waals surface area contributed by atoms with Crippen LogP contribution in [-0.4, -0.2) is 90.6 Å². The number of carbonyl (C=O) groups excluding carboxylic acids is 1. The highest BCUT2D eigenvalue weighted by Crippen LogP contribution is 2.18. The van der Waals surface area contributed by atoms with Gasteiger partial charge in [0.05, 0.1) is 29.9 Å². The molecule has 32 heavy (non-hydrogen) atoms. The summed E-state index contributed by atoms with van der Waals surface area (Å²) in [5.41, 5.74) is 1.70. The number of carbonyl (C=O) groups is 1. The maximum absolute atomic E-state index is 12.8. The molecule has 1 amide bonds. The minimum atomic E-state index is -3.50. The Hall–Kier alpha value is -2.27. The number of aryl methyl sites for hydroxylation is 1. The van der Waals surface area contributed by atoms with Crippen LogP contribution in [0.5, 0.6) is 0 Å². The highest BCUT2D eigenvalue weighted by Gasteiger charge is 2.29. The number of nitrogens with one attached hydrogen (secondary N) is 1. The molecule has 0 saturated carbocycles. The monoisotopic (exact) mass is 462 g/mol.